The predicted molar refractivity (Wildman–Crippen MR) is 56.3 cm³/mol. The van der Waals surface area contributed by atoms with Crippen LogP contribution >= 0.6 is 12.4 Å². The van der Waals surface area contributed by atoms with E-state index < -0.39 is 17.4 Å². The Balaban J connectivity index is 0.00000196. The maximum absolute atomic E-state index is 11.0. The third-order valence-electron chi connectivity index (χ3n) is 2.89. The zero-order valence-corrected chi connectivity index (χ0v) is 9.42. The van der Waals surface area contributed by atoms with Gasteiger partial charge in [0.2, 0.25) is 0 Å². The van der Waals surface area contributed by atoms with E-state index in [9.17, 15) is 9.59 Å². The summed E-state index contributed by atoms with van der Waals surface area (Å²) in [5, 5.41) is 17.7. The fourth-order valence-corrected chi connectivity index (χ4v) is 1.80. The molecule has 0 radical (unpaired) electrons. The minimum absolute atomic E-state index is 0. The van der Waals surface area contributed by atoms with E-state index in [0.717, 1.165) is 0 Å². The SMILES string of the molecule is CN1CCC(CC(=O)O)(C(=O)O)CC1.Cl. The van der Waals surface area contributed by atoms with E-state index in [1.54, 1.807) is 0 Å². The summed E-state index contributed by atoms with van der Waals surface area (Å²) >= 11 is 0. The van der Waals surface area contributed by atoms with Gasteiger partial charge in [-0.15, -0.1) is 12.4 Å². The van der Waals surface area contributed by atoms with Crippen LogP contribution in [0, 0.1) is 5.41 Å². The number of carboxylic acid groups (broad SMARTS) is 2. The molecule has 2 N–H and O–H groups in total. The number of halogens is 1. The van der Waals surface area contributed by atoms with Crippen molar-refractivity contribution < 1.29 is 19.8 Å². The van der Waals surface area contributed by atoms with E-state index in [0.29, 0.717) is 25.9 Å². The minimum Gasteiger partial charge on any atom is -0.481 e. The van der Waals surface area contributed by atoms with Gasteiger partial charge in [0.05, 0.1) is 11.8 Å². The van der Waals surface area contributed by atoms with Crippen LogP contribution < -0.4 is 0 Å². The molecule has 0 spiro atoms. The molecule has 0 aromatic heterocycles. The molecule has 0 unspecified atom stereocenters. The van der Waals surface area contributed by atoms with Gasteiger partial charge in [-0.05, 0) is 33.0 Å². The van der Waals surface area contributed by atoms with Gasteiger partial charge in [-0.1, -0.05) is 0 Å². The van der Waals surface area contributed by atoms with Gasteiger partial charge in [0.15, 0.2) is 0 Å². The Bertz CT molecular complexity index is 248. The molecule has 0 atom stereocenters. The van der Waals surface area contributed by atoms with Crippen LogP contribution in [0.1, 0.15) is 19.3 Å². The van der Waals surface area contributed by atoms with Gasteiger partial charge in [0, 0.05) is 0 Å². The summed E-state index contributed by atoms with van der Waals surface area (Å²) < 4.78 is 0. The van der Waals surface area contributed by atoms with Crippen LogP contribution in [0.25, 0.3) is 0 Å². The smallest absolute Gasteiger partial charge is 0.310 e. The summed E-state index contributed by atoms with van der Waals surface area (Å²) in [6, 6.07) is 0. The number of piperidine rings is 1. The lowest BCUT2D eigenvalue weighted by atomic mass is 9.76. The molecule has 0 aliphatic carbocycles. The second kappa shape index (κ2) is 5.32. The van der Waals surface area contributed by atoms with Crippen LogP contribution in [0.4, 0.5) is 0 Å². The zero-order valence-electron chi connectivity index (χ0n) is 8.60. The lowest BCUT2D eigenvalue weighted by Gasteiger charge is -2.36. The number of carbonyl (C=O) groups is 2. The van der Waals surface area contributed by atoms with Crippen LogP contribution in [0.2, 0.25) is 0 Å². The van der Waals surface area contributed by atoms with E-state index in [1.807, 2.05) is 11.9 Å². The maximum Gasteiger partial charge on any atom is 0.310 e. The van der Waals surface area contributed by atoms with Crippen molar-refractivity contribution in [3.05, 3.63) is 0 Å². The van der Waals surface area contributed by atoms with Gasteiger partial charge in [-0.2, -0.15) is 0 Å². The van der Waals surface area contributed by atoms with Crippen LogP contribution in [-0.2, 0) is 9.59 Å². The predicted octanol–water partition coefficient (Wildman–Crippen LogP) is 0.679. The molecule has 6 heteroatoms. The summed E-state index contributed by atoms with van der Waals surface area (Å²) in [6.07, 6.45) is 0.576. The topological polar surface area (TPSA) is 77.8 Å². The molecule has 15 heavy (non-hydrogen) atoms. The second-order valence-electron chi connectivity index (χ2n) is 3.96. The Morgan fingerprint density at radius 3 is 2.07 bits per heavy atom. The quantitative estimate of drug-likeness (QED) is 0.755. The largest absolute Gasteiger partial charge is 0.481 e. The van der Waals surface area contributed by atoms with Crippen molar-refractivity contribution in [3.8, 4) is 0 Å². The van der Waals surface area contributed by atoms with Gasteiger partial charge in [-0.3, -0.25) is 9.59 Å². The Kier molecular flexibility index (Phi) is 5.03. The normalized spacial score (nSPS) is 20.3. The Morgan fingerprint density at radius 2 is 1.73 bits per heavy atom. The molecule has 1 aliphatic rings. The Hall–Kier alpha value is -0.810. The lowest BCUT2D eigenvalue weighted by molar-refractivity contribution is -0.158. The van der Waals surface area contributed by atoms with Crippen molar-refractivity contribution in [2.75, 3.05) is 20.1 Å². The highest BCUT2D eigenvalue weighted by molar-refractivity contribution is 5.85. The molecule has 0 aromatic rings. The zero-order chi connectivity index (χ0) is 10.8. The summed E-state index contributed by atoms with van der Waals surface area (Å²) in [5.74, 6) is -2.01. The molecule has 1 aliphatic heterocycles. The van der Waals surface area contributed by atoms with Gasteiger partial charge in [0.25, 0.3) is 0 Å². The summed E-state index contributed by atoms with van der Waals surface area (Å²) in [5.41, 5.74) is -1.04. The number of hydrogen-bond acceptors (Lipinski definition) is 3. The highest BCUT2D eigenvalue weighted by Gasteiger charge is 2.42. The molecule has 1 fully saturated rings. The van der Waals surface area contributed by atoms with Crippen LogP contribution in [0.3, 0.4) is 0 Å². The average Bonchev–Trinajstić information content (AvgIpc) is 2.08. The van der Waals surface area contributed by atoms with E-state index in [2.05, 4.69) is 0 Å². The summed E-state index contributed by atoms with van der Waals surface area (Å²) in [4.78, 5) is 23.6. The van der Waals surface area contributed by atoms with Gasteiger partial charge >= 0.3 is 11.9 Å². The van der Waals surface area contributed by atoms with Gasteiger partial charge < -0.3 is 15.1 Å². The number of aliphatic carboxylic acids is 2. The van der Waals surface area contributed by atoms with Gasteiger partial charge in [0.1, 0.15) is 0 Å². The van der Waals surface area contributed by atoms with E-state index in [-0.39, 0.29) is 18.8 Å². The van der Waals surface area contributed by atoms with Crippen molar-refractivity contribution in [1.82, 2.24) is 4.90 Å². The molecular formula is C9H16ClNO4. The first-order chi connectivity index (χ1) is 6.46. The molecule has 5 nitrogen and oxygen atoms in total. The third kappa shape index (κ3) is 3.35. The minimum atomic E-state index is -1.04. The number of carboxylic acids is 2. The number of rotatable bonds is 3. The molecule has 1 saturated heterocycles. The van der Waals surface area contributed by atoms with Crippen LogP contribution in [0.15, 0.2) is 0 Å². The van der Waals surface area contributed by atoms with Crippen molar-refractivity contribution in [1.29, 1.82) is 0 Å². The number of hydrogen-bond donors (Lipinski definition) is 2. The molecule has 0 saturated carbocycles. The first kappa shape index (κ1) is 14.2. The summed E-state index contributed by atoms with van der Waals surface area (Å²) in [7, 11) is 1.91. The van der Waals surface area contributed by atoms with Crippen LogP contribution in [-0.4, -0.2) is 47.2 Å². The first-order valence-corrected chi connectivity index (χ1v) is 4.60. The molecule has 88 valence electrons. The van der Waals surface area contributed by atoms with E-state index in [4.69, 9.17) is 10.2 Å². The number of nitrogens with zero attached hydrogens (tertiary/aromatic N) is 1. The average molecular weight is 238 g/mol. The van der Waals surface area contributed by atoms with Crippen molar-refractivity contribution in [3.63, 3.8) is 0 Å². The molecule has 0 aromatic carbocycles. The monoisotopic (exact) mass is 237 g/mol. The van der Waals surface area contributed by atoms with Crippen LogP contribution in [0.5, 0.6) is 0 Å². The molecular weight excluding hydrogens is 222 g/mol. The Morgan fingerprint density at radius 1 is 1.27 bits per heavy atom. The fourth-order valence-electron chi connectivity index (χ4n) is 1.80. The van der Waals surface area contributed by atoms with E-state index >= 15 is 0 Å². The third-order valence-corrected chi connectivity index (χ3v) is 2.89. The maximum atomic E-state index is 11.0. The second-order valence-corrected chi connectivity index (χ2v) is 3.96. The Labute approximate surface area is 94.5 Å². The molecule has 0 amide bonds. The lowest BCUT2D eigenvalue weighted by Crippen LogP contribution is -2.44. The van der Waals surface area contributed by atoms with Crippen molar-refractivity contribution in [2.24, 2.45) is 5.41 Å². The fraction of sp³-hybridized carbons (Fsp3) is 0.778. The highest BCUT2D eigenvalue weighted by atomic mass is 35.5. The molecule has 1 heterocycles. The van der Waals surface area contributed by atoms with Crippen molar-refractivity contribution >= 4 is 24.3 Å². The summed E-state index contributed by atoms with van der Waals surface area (Å²) in [6.45, 7) is 1.30. The molecule has 0 bridgehead atoms. The number of likely N-dealkylation sites (tertiary alicyclic amines) is 1. The first-order valence-electron chi connectivity index (χ1n) is 4.60. The standard InChI is InChI=1S/C9H15NO4.ClH/c1-10-4-2-9(3-5-10,8(13)14)6-7(11)12;/h2-6H2,1H3,(H,11,12)(H,13,14);1H. The highest BCUT2D eigenvalue weighted by Crippen LogP contribution is 2.34. The molecule has 1 rings (SSSR count). The van der Waals surface area contributed by atoms with Crippen molar-refractivity contribution in [2.45, 2.75) is 19.3 Å². The van der Waals surface area contributed by atoms with E-state index in [1.165, 1.54) is 0 Å². The van der Waals surface area contributed by atoms with Gasteiger partial charge in [-0.25, -0.2) is 0 Å².